The number of rotatable bonds is 5. The molecular weight excluding hydrogens is 253 g/mol. The minimum atomic E-state index is -0.266. The summed E-state index contributed by atoms with van der Waals surface area (Å²) in [5.41, 5.74) is 2.68. The number of ether oxygens (including phenoxy) is 1. The number of hydrogen-bond acceptors (Lipinski definition) is 2. The van der Waals surface area contributed by atoms with Crippen molar-refractivity contribution in [3.8, 4) is 16.9 Å². The SMILES string of the molecule is CCC(NC)c1ccc(-c2ccc(OC)cc2F)cc1. The Hall–Kier alpha value is -1.87. The van der Waals surface area contributed by atoms with Gasteiger partial charge in [0.2, 0.25) is 0 Å². The molecule has 2 aromatic carbocycles. The minimum absolute atomic E-state index is 0.266. The van der Waals surface area contributed by atoms with Crippen LogP contribution in [0.1, 0.15) is 24.9 Å². The zero-order valence-electron chi connectivity index (χ0n) is 12.1. The lowest BCUT2D eigenvalue weighted by Crippen LogP contribution is -2.14. The third-order valence-electron chi connectivity index (χ3n) is 3.56. The fourth-order valence-electron chi connectivity index (χ4n) is 2.36. The van der Waals surface area contributed by atoms with Crippen LogP contribution in [0.15, 0.2) is 42.5 Å². The smallest absolute Gasteiger partial charge is 0.134 e. The van der Waals surface area contributed by atoms with Crippen molar-refractivity contribution in [3.05, 3.63) is 53.8 Å². The standard InChI is InChI=1S/C17H20FNO/c1-4-17(19-2)13-7-5-12(6-8-13)15-10-9-14(20-3)11-16(15)18/h5-11,17,19H,4H2,1-3H3. The monoisotopic (exact) mass is 273 g/mol. The van der Waals surface area contributed by atoms with Crippen molar-refractivity contribution in [1.82, 2.24) is 5.32 Å². The van der Waals surface area contributed by atoms with E-state index in [0.717, 1.165) is 12.0 Å². The van der Waals surface area contributed by atoms with Crippen molar-refractivity contribution in [1.29, 1.82) is 0 Å². The molecule has 0 bridgehead atoms. The van der Waals surface area contributed by atoms with Gasteiger partial charge in [0.15, 0.2) is 0 Å². The second-order valence-electron chi connectivity index (χ2n) is 4.72. The van der Waals surface area contributed by atoms with Gasteiger partial charge in [-0.05, 0) is 36.7 Å². The molecule has 0 aliphatic heterocycles. The van der Waals surface area contributed by atoms with E-state index in [-0.39, 0.29) is 5.82 Å². The summed E-state index contributed by atoms with van der Waals surface area (Å²) in [7, 11) is 3.48. The van der Waals surface area contributed by atoms with Crippen LogP contribution in [0.4, 0.5) is 4.39 Å². The van der Waals surface area contributed by atoms with E-state index < -0.39 is 0 Å². The van der Waals surface area contributed by atoms with E-state index in [9.17, 15) is 4.39 Å². The van der Waals surface area contributed by atoms with Crippen LogP contribution < -0.4 is 10.1 Å². The molecular formula is C17H20FNO. The van der Waals surface area contributed by atoms with Gasteiger partial charge in [0.1, 0.15) is 11.6 Å². The summed E-state index contributed by atoms with van der Waals surface area (Å²) in [6.07, 6.45) is 1.02. The molecule has 0 amide bonds. The molecule has 0 radical (unpaired) electrons. The molecule has 1 N–H and O–H groups in total. The fraction of sp³-hybridized carbons (Fsp3) is 0.294. The van der Waals surface area contributed by atoms with Gasteiger partial charge in [0, 0.05) is 17.7 Å². The van der Waals surface area contributed by atoms with E-state index >= 15 is 0 Å². The van der Waals surface area contributed by atoms with Crippen molar-refractivity contribution >= 4 is 0 Å². The summed E-state index contributed by atoms with van der Waals surface area (Å²) in [5, 5.41) is 3.26. The average molecular weight is 273 g/mol. The van der Waals surface area contributed by atoms with Crippen molar-refractivity contribution < 1.29 is 9.13 Å². The normalized spacial score (nSPS) is 12.2. The van der Waals surface area contributed by atoms with Gasteiger partial charge in [0.05, 0.1) is 7.11 Å². The quantitative estimate of drug-likeness (QED) is 0.882. The van der Waals surface area contributed by atoms with Crippen LogP contribution in [-0.4, -0.2) is 14.2 Å². The van der Waals surface area contributed by atoms with Gasteiger partial charge in [-0.15, -0.1) is 0 Å². The van der Waals surface area contributed by atoms with Crippen LogP contribution in [0, 0.1) is 5.82 Å². The molecule has 0 aromatic heterocycles. The number of nitrogens with one attached hydrogen (secondary N) is 1. The van der Waals surface area contributed by atoms with Crippen molar-refractivity contribution in [3.63, 3.8) is 0 Å². The lowest BCUT2D eigenvalue weighted by atomic mass is 9.99. The molecule has 3 heteroatoms. The van der Waals surface area contributed by atoms with E-state index in [2.05, 4.69) is 12.2 Å². The van der Waals surface area contributed by atoms with E-state index in [4.69, 9.17) is 4.74 Å². The van der Waals surface area contributed by atoms with Gasteiger partial charge in [-0.3, -0.25) is 0 Å². The average Bonchev–Trinajstić information content (AvgIpc) is 2.49. The van der Waals surface area contributed by atoms with Gasteiger partial charge in [-0.2, -0.15) is 0 Å². The summed E-state index contributed by atoms with van der Waals surface area (Å²) >= 11 is 0. The van der Waals surface area contributed by atoms with Crippen LogP contribution in [0.25, 0.3) is 11.1 Å². The Morgan fingerprint density at radius 1 is 1.15 bits per heavy atom. The van der Waals surface area contributed by atoms with Gasteiger partial charge >= 0.3 is 0 Å². The molecule has 2 rings (SSSR count). The van der Waals surface area contributed by atoms with E-state index in [1.165, 1.54) is 18.7 Å². The Morgan fingerprint density at radius 2 is 1.85 bits per heavy atom. The molecule has 0 heterocycles. The summed E-state index contributed by atoms with van der Waals surface area (Å²) in [6.45, 7) is 2.14. The maximum absolute atomic E-state index is 14.0. The van der Waals surface area contributed by atoms with Gasteiger partial charge in [0.25, 0.3) is 0 Å². The summed E-state index contributed by atoms with van der Waals surface area (Å²) in [6, 6.07) is 13.3. The topological polar surface area (TPSA) is 21.3 Å². The third kappa shape index (κ3) is 2.99. The molecule has 20 heavy (non-hydrogen) atoms. The lowest BCUT2D eigenvalue weighted by Gasteiger charge is -2.15. The maximum atomic E-state index is 14.0. The Morgan fingerprint density at radius 3 is 2.35 bits per heavy atom. The zero-order chi connectivity index (χ0) is 14.5. The van der Waals surface area contributed by atoms with Crippen LogP contribution in [0.3, 0.4) is 0 Å². The second-order valence-corrected chi connectivity index (χ2v) is 4.72. The predicted molar refractivity (Wildman–Crippen MR) is 80.5 cm³/mol. The first kappa shape index (κ1) is 14.5. The Kier molecular flexibility index (Phi) is 4.74. The van der Waals surface area contributed by atoms with Crippen LogP contribution in [-0.2, 0) is 0 Å². The highest BCUT2D eigenvalue weighted by atomic mass is 19.1. The Balaban J connectivity index is 2.30. The molecule has 2 nitrogen and oxygen atoms in total. The summed E-state index contributed by atoms with van der Waals surface area (Å²) < 4.78 is 19.0. The Bertz CT molecular complexity index is 562. The van der Waals surface area contributed by atoms with Crippen molar-refractivity contribution in [2.45, 2.75) is 19.4 Å². The summed E-state index contributed by atoms with van der Waals surface area (Å²) in [5.74, 6) is 0.266. The van der Waals surface area contributed by atoms with Gasteiger partial charge in [-0.1, -0.05) is 31.2 Å². The number of benzene rings is 2. The summed E-state index contributed by atoms with van der Waals surface area (Å²) in [4.78, 5) is 0. The van der Waals surface area contributed by atoms with Crippen molar-refractivity contribution in [2.75, 3.05) is 14.2 Å². The molecule has 0 fully saturated rings. The van der Waals surface area contributed by atoms with Crippen molar-refractivity contribution in [2.24, 2.45) is 0 Å². The molecule has 0 spiro atoms. The highest BCUT2D eigenvalue weighted by Crippen LogP contribution is 2.27. The molecule has 1 unspecified atom stereocenters. The highest BCUT2D eigenvalue weighted by molar-refractivity contribution is 5.65. The zero-order valence-corrected chi connectivity index (χ0v) is 12.1. The molecule has 106 valence electrons. The molecule has 1 atom stereocenters. The molecule has 0 saturated heterocycles. The first-order valence-electron chi connectivity index (χ1n) is 6.80. The third-order valence-corrected chi connectivity index (χ3v) is 3.56. The molecule has 0 aliphatic rings. The first-order valence-corrected chi connectivity index (χ1v) is 6.80. The first-order chi connectivity index (χ1) is 9.69. The van der Waals surface area contributed by atoms with Gasteiger partial charge < -0.3 is 10.1 Å². The van der Waals surface area contributed by atoms with E-state index in [1.54, 1.807) is 12.1 Å². The maximum Gasteiger partial charge on any atom is 0.134 e. The fourth-order valence-corrected chi connectivity index (χ4v) is 2.36. The molecule has 0 aliphatic carbocycles. The van der Waals surface area contributed by atoms with E-state index in [1.807, 2.05) is 31.3 Å². The molecule has 0 saturated carbocycles. The predicted octanol–water partition coefficient (Wildman–Crippen LogP) is 4.17. The lowest BCUT2D eigenvalue weighted by molar-refractivity contribution is 0.411. The number of hydrogen-bond donors (Lipinski definition) is 1. The van der Waals surface area contributed by atoms with Gasteiger partial charge in [-0.25, -0.2) is 4.39 Å². The minimum Gasteiger partial charge on any atom is -0.497 e. The van der Waals surface area contributed by atoms with E-state index in [0.29, 0.717) is 17.4 Å². The Labute approximate surface area is 119 Å². The second kappa shape index (κ2) is 6.53. The highest BCUT2D eigenvalue weighted by Gasteiger charge is 2.09. The number of halogens is 1. The van der Waals surface area contributed by atoms with Crippen LogP contribution >= 0.6 is 0 Å². The van der Waals surface area contributed by atoms with Crippen LogP contribution in [0.5, 0.6) is 5.75 Å². The van der Waals surface area contributed by atoms with Crippen LogP contribution in [0.2, 0.25) is 0 Å². The molecule has 2 aromatic rings. The number of methoxy groups -OCH3 is 1. The largest absolute Gasteiger partial charge is 0.497 e.